The molecule has 0 aromatic heterocycles. The third-order valence-corrected chi connectivity index (χ3v) is 3.61. The number of nitrogens with zero attached hydrogens (tertiary/aromatic N) is 1. The van der Waals surface area contributed by atoms with Crippen LogP contribution in [0.15, 0.2) is 48.0 Å². The second-order valence-corrected chi connectivity index (χ2v) is 5.06. The maximum Gasteiger partial charge on any atom is 0.335 e. The lowest BCUT2D eigenvalue weighted by atomic mass is 10.2. The zero-order chi connectivity index (χ0) is 12.5. The van der Waals surface area contributed by atoms with Gasteiger partial charge in [0.05, 0.1) is 16.7 Å². The molecule has 6 heteroatoms. The molecule has 0 unspecified atom stereocenters. The van der Waals surface area contributed by atoms with Gasteiger partial charge >= 0.3 is 5.97 Å². The summed E-state index contributed by atoms with van der Waals surface area (Å²) < 4.78 is 24.4. The van der Waals surface area contributed by atoms with E-state index >= 15 is 0 Å². The molecule has 1 aromatic carbocycles. The van der Waals surface area contributed by atoms with Gasteiger partial charge in [-0.1, -0.05) is 0 Å². The largest absolute Gasteiger partial charge is 0.478 e. The number of aromatic carboxylic acids is 1. The van der Waals surface area contributed by atoms with Gasteiger partial charge in [-0.2, -0.15) is 0 Å². The molecular weight excluding hydrogens is 242 g/mol. The van der Waals surface area contributed by atoms with Crippen LogP contribution >= 0.6 is 0 Å². The summed E-state index contributed by atoms with van der Waals surface area (Å²) in [5, 5.41) is 9.81. The summed E-state index contributed by atoms with van der Waals surface area (Å²) in [6.45, 7) is 0. The summed E-state index contributed by atoms with van der Waals surface area (Å²) in [5.74, 6) is -1.05. The highest BCUT2D eigenvalue weighted by molar-refractivity contribution is 7.95. The number of hydrogen-bond donors (Lipinski definition) is 1. The number of hydrogen-bond acceptors (Lipinski definition) is 3. The van der Waals surface area contributed by atoms with Crippen molar-refractivity contribution in [2.75, 3.05) is 4.31 Å². The molecule has 0 fully saturated rings. The third-order valence-electron chi connectivity index (χ3n) is 2.23. The molecule has 0 saturated heterocycles. The summed E-state index contributed by atoms with van der Waals surface area (Å²) in [5.41, 5.74) is 0.512. The van der Waals surface area contributed by atoms with E-state index in [-0.39, 0.29) is 5.56 Å². The van der Waals surface area contributed by atoms with E-state index < -0.39 is 16.0 Å². The monoisotopic (exact) mass is 251 g/mol. The summed E-state index contributed by atoms with van der Waals surface area (Å²) in [7, 11) is -3.49. The standard InChI is InChI=1S/C11H9NO4S/c13-11(14)9-3-5-10(6-4-9)12-7-1-2-8-17(12,15)16/h1-8H,(H,13,14). The molecule has 0 atom stereocenters. The van der Waals surface area contributed by atoms with Gasteiger partial charge in [0, 0.05) is 6.20 Å². The minimum atomic E-state index is -3.49. The third kappa shape index (κ3) is 2.21. The molecule has 0 bridgehead atoms. The molecule has 1 N–H and O–H groups in total. The summed E-state index contributed by atoms with van der Waals surface area (Å²) in [6, 6.07) is 5.62. The molecule has 17 heavy (non-hydrogen) atoms. The fraction of sp³-hybridized carbons (Fsp3) is 0. The first kappa shape index (κ1) is 11.4. The molecule has 2 rings (SSSR count). The summed E-state index contributed by atoms with van der Waals surface area (Å²) >= 11 is 0. The molecule has 1 aliphatic rings. The Morgan fingerprint density at radius 1 is 1.12 bits per heavy atom. The van der Waals surface area contributed by atoms with Crippen LogP contribution in [0.1, 0.15) is 10.4 Å². The number of carboxylic acids is 1. The second kappa shape index (κ2) is 4.06. The number of rotatable bonds is 2. The lowest BCUT2D eigenvalue weighted by Gasteiger charge is -2.20. The van der Waals surface area contributed by atoms with Gasteiger partial charge < -0.3 is 5.11 Å². The van der Waals surface area contributed by atoms with Crippen molar-refractivity contribution < 1.29 is 18.3 Å². The van der Waals surface area contributed by atoms with E-state index in [1.165, 1.54) is 36.5 Å². The van der Waals surface area contributed by atoms with Gasteiger partial charge in [-0.3, -0.25) is 0 Å². The maximum absolute atomic E-state index is 11.7. The van der Waals surface area contributed by atoms with Crippen molar-refractivity contribution >= 4 is 21.7 Å². The van der Waals surface area contributed by atoms with Gasteiger partial charge in [0.1, 0.15) is 0 Å². The number of carboxylic acid groups (broad SMARTS) is 1. The van der Waals surface area contributed by atoms with Crippen LogP contribution in [0.4, 0.5) is 5.69 Å². The highest BCUT2D eigenvalue weighted by Crippen LogP contribution is 2.22. The van der Waals surface area contributed by atoms with Crippen molar-refractivity contribution in [3.63, 3.8) is 0 Å². The zero-order valence-electron chi connectivity index (χ0n) is 8.65. The predicted octanol–water partition coefficient (Wildman–Crippen LogP) is 1.56. The van der Waals surface area contributed by atoms with Crippen LogP contribution < -0.4 is 4.31 Å². The van der Waals surface area contributed by atoms with Crippen LogP contribution in [0.25, 0.3) is 0 Å². The molecule has 0 saturated carbocycles. The Hall–Kier alpha value is -2.08. The lowest BCUT2D eigenvalue weighted by Crippen LogP contribution is -2.24. The Morgan fingerprint density at radius 3 is 2.29 bits per heavy atom. The van der Waals surface area contributed by atoms with Crippen LogP contribution in [-0.2, 0) is 10.0 Å². The first-order valence-corrected chi connectivity index (χ1v) is 6.24. The highest BCUT2D eigenvalue weighted by atomic mass is 32.2. The molecular formula is C11H9NO4S. The number of carbonyl (C=O) groups is 1. The van der Waals surface area contributed by atoms with Gasteiger partial charge in [0.2, 0.25) is 0 Å². The van der Waals surface area contributed by atoms with Gasteiger partial charge in [-0.25, -0.2) is 17.5 Å². The van der Waals surface area contributed by atoms with Crippen molar-refractivity contribution in [3.05, 3.63) is 53.6 Å². The molecule has 0 amide bonds. The van der Waals surface area contributed by atoms with Gasteiger partial charge in [-0.05, 0) is 36.4 Å². The van der Waals surface area contributed by atoms with Gasteiger partial charge in [-0.15, -0.1) is 0 Å². The Balaban J connectivity index is 2.39. The molecule has 1 heterocycles. The first-order chi connectivity index (χ1) is 8.00. The van der Waals surface area contributed by atoms with E-state index in [0.29, 0.717) is 5.69 Å². The Bertz CT molecular complexity index is 599. The molecule has 1 aromatic rings. The van der Waals surface area contributed by atoms with Crippen LogP contribution in [0.3, 0.4) is 0 Å². The topological polar surface area (TPSA) is 74.7 Å². The van der Waals surface area contributed by atoms with Gasteiger partial charge in [0.15, 0.2) is 0 Å². The van der Waals surface area contributed by atoms with E-state index in [2.05, 4.69) is 0 Å². The average Bonchev–Trinajstić information content (AvgIpc) is 2.28. The number of sulfonamides is 1. The highest BCUT2D eigenvalue weighted by Gasteiger charge is 2.19. The minimum absolute atomic E-state index is 0.114. The summed E-state index contributed by atoms with van der Waals surface area (Å²) in [4.78, 5) is 10.7. The normalized spacial score (nSPS) is 17.1. The van der Waals surface area contributed by atoms with Crippen molar-refractivity contribution in [1.82, 2.24) is 0 Å². The summed E-state index contributed by atoms with van der Waals surface area (Å²) in [6.07, 6.45) is 4.43. The minimum Gasteiger partial charge on any atom is -0.478 e. The molecule has 0 radical (unpaired) electrons. The van der Waals surface area contributed by atoms with Crippen LogP contribution in [0.2, 0.25) is 0 Å². The van der Waals surface area contributed by atoms with Gasteiger partial charge in [0.25, 0.3) is 10.0 Å². The number of benzene rings is 1. The molecule has 0 aliphatic carbocycles. The second-order valence-electron chi connectivity index (χ2n) is 3.36. The van der Waals surface area contributed by atoms with E-state index in [1.54, 1.807) is 6.08 Å². The predicted molar refractivity (Wildman–Crippen MR) is 63.1 cm³/mol. The fourth-order valence-corrected chi connectivity index (χ4v) is 2.48. The van der Waals surface area contributed by atoms with Crippen molar-refractivity contribution in [2.24, 2.45) is 0 Å². The Labute approximate surface area is 98.3 Å². The van der Waals surface area contributed by atoms with Crippen LogP contribution in [-0.4, -0.2) is 19.5 Å². The van der Waals surface area contributed by atoms with Crippen LogP contribution in [0, 0.1) is 0 Å². The lowest BCUT2D eigenvalue weighted by molar-refractivity contribution is 0.0697. The molecule has 0 spiro atoms. The molecule has 88 valence electrons. The molecule has 5 nitrogen and oxygen atoms in total. The number of anilines is 1. The fourth-order valence-electron chi connectivity index (χ4n) is 1.41. The molecule has 1 aliphatic heterocycles. The van der Waals surface area contributed by atoms with Crippen LogP contribution in [0.5, 0.6) is 0 Å². The van der Waals surface area contributed by atoms with E-state index in [4.69, 9.17) is 5.11 Å². The first-order valence-electron chi connectivity index (χ1n) is 4.73. The van der Waals surface area contributed by atoms with E-state index in [9.17, 15) is 13.2 Å². The van der Waals surface area contributed by atoms with E-state index in [0.717, 1.165) is 9.71 Å². The SMILES string of the molecule is O=C(O)c1ccc(N2C=CC=CS2(=O)=O)cc1. The Morgan fingerprint density at radius 2 is 1.76 bits per heavy atom. The smallest absolute Gasteiger partial charge is 0.335 e. The maximum atomic E-state index is 11.7. The van der Waals surface area contributed by atoms with Crippen molar-refractivity contribution in [1.29, 1.82) is 0 Å². The van der Waals surface area contributed by atoms with Crippen molar-refractivity contribution in [2.45, 2.75) is 0 Å². The quantitative estimate of drug-likeness (QED) is 0.865. The Kier molecular flexibility index (Phi) is 2.72. The van der Waals surface area contributed by atoms with Crippen molar-refractivity contribution in [3.8, 4) is 0 Å². The zero-order valence-corrected chi connectivity index (χ0v) is 9.46. The van der Waals surface area contributed by atoms with E-state index in [1.807, 2.05) is 0 Å². The average molecular weight is 251 g/mol. The number of allylic oxidation sites excluding steroid dienone is 2.